The second-order valence-electron chi connectivity index (χ2n) is 12.8. The molecule has 0 amide bonds. The van der Waals surface area contributed by atoms with E-state index in [-0.39, 0.29) is 34.2 Å². The highest BCUT2D eigenvalue weighted by atomic mass is 16.1. The van der Waals surface area contributed by atoms with Crippen molar-refractivity contribution in [2.75, 3.05) is 22.9 Å². The van der Waals surface area contributed by atoms with Crippen molar-refractivity contribution in [2.24, 2.45) is 0 Å². The van der Waals surface area contributed by atoms with Gasteiger partial charge in [-0.2, -0.15) is 19.3 Å². The highest BCUT2D eigenvalue weighted by Gasteiger charge is 2.36. The summed E-state index contributed by atoms with van der Waals surface area (Å²) in [6.07, 6.45) is 0. The first kappa shape index (κ1) is 31.1. The van der Waals surface area contributed by atoms with Crippen LogP contribution in [-0.4, -0.2) is 74.3 Å². The van der Waals surface area contributed by atoms with Crippen LogP contribution in [0.4, 0.5) is 11.9 Å². The Kier molecular flexibility index (Phi) is 7.42. The maximum Gasteiger partial charge on any atom is 0.289 e. The van der Waals surface area contributed by atoms with E-state index in [0.29, 0.717) is 47.7 Å². The summed E-state index contributed by atoms with van der Waals surface area (Å²) in [6, 6.07) is 37.6. The average molecular weight is 689 g/mol. The molecule has 8 aromatic rings. The largest absolute Gasteiger partial charge is 0.335 e. The van der Waals surface area contributed by atoms with Crippen molar-refractivity contribution >= 4 is 34.2 Å². The number of rotatable bonds is 6. The molecule has 9 rings (SSSR count). The third-order valence-corrected chi connectivity index (χ3v) is 9.45. The number of para-hydroxylation sites is 4. The number of aromatic nitrogens is 10. The van der Waals surface area contributed by atoms with Gasteiger partial charge in [0.1, 0.15) is 0 Å². The van der Waals surface area contributed by atoms with E-state index in [1.165, 1.54) is 0 Å². The van der Waals surface area contributed by atoms with Crippen molar-refractivity contribution in [2.45, 2.75) is 25.9 Å². The molecule has 5 heterocycles. The maximum absolute atomic E-state index is 14.3. The summed E-state index contributed by atoms with van der Waals surface area (Å²) in [5.41, 5.74) is 3.27. The van der Waals surface area contributed by atoms with Crippen LogP contribution in [0.3, 0.4) is 0 Å². The van der Waals surface area contributed by atoms with Gasteiger partial charge in [-0.15, -0.1) is 10.2 Å². The topological polar surface area (TPSA) is 138 Å². The predicted molar refractivity (Wildman–Crippen MR) is 198 cm³/mol. The molecule has 0 aliphatic carbocycles. The minimum Gasteiger partial charge on any atom is -0.335 e. The summed E-state index contributed by atoms with van der Waals surface area (Å²) >= 11 is 0. The molecule has 14 nitrogen and oxygen atoms in total. The van der Waals surface area contributed by atoms with Crippen LogP contribution in [0.1, 0.15) is 13.8 Å². The number of benzene rings is 4. The van der Waals surface area contributed by atoms with Gasteiger partial charge in [-0.3, -0.25) is 9.59 Å². The number of anilines is 2. The van der Waals surface area contributed by atoms with E-state index in [1.54, 1.807) is 18.5 Å². The zero-order valence-electron chi connectivity index (χ0n) is 28.3. The molecule has 0 radical (unpaired) electrons. The maximum atomic E-state index is 14.3. The molecule has 2 atom stereocenters. The average Bonchev–Trinajstić information content (AvgIpc) is 3.82. The summed E-state index contributed by atoms with van der Waals surface area (Å²) < 4.78 is 6.42. The number of fused-ring (bicyclic) bond motifs is 2. The molecular formula is C38H32N12O2. The molecule has 0 N–H and O–H groups in total. The van der Waals surface area contributed by atoms with Gasteiger partial charge in [-0.25, -0.2) is 9.13 Å². The molecule has 4 aromatic carbocycles. The Morgan fingerprint density at radius 3 is 1.15 bits per heavy atom. The lowest BCUT2D eigenvalue weighted by Gasteiger charge is -2.45. The predicted octanol–water partition coefficient (Wildman–Crippen LogP) is 4.35. The van der Waals surface area contributed by atoms with Crippen LogP contribution >= 0.6 is 0 Å². The zero-order valence-corrected chi connectivity index (χ0v) is 28.3. The third kappa shape index (κ3) is 5.02. The fourth-order valence-electron chi connectivity index (χ4n) is 6.89. The molecule has 0 saturated carbocycles. The van der Waals surface area contributed by atoms with Crippen molar-refractivity contribution in [3.8, 4) is 22.7 Å². The van der Waals surface area contributed by atoms with Gasteiger partial charge in [0.2, 0.25) is 11.9 Å². The minimum absolute atomic E-state index is 0.170. The molecule has 1 aliphatic heterocycles. The van der Waals surface area contributed by atoms with Crippen molar-refractivity contribution in [3.63, 3.8) is 0 Å². The Hall–Kier alpha value is -6.96. The first-order chi connectivity index (χ1) is 25.5. The van der Waals surface area contributed by atoms with Gasteiger partial charge in [-0.05, 0) is 62.4 Å². The van der Waals surface area contributed by atoms with E-state index < -0.39 is 0 Å². The summed E-state index contributed by atoms with van der Waals surface area (Å²) in [7, 11) is 0. The lowest BCUT2D eigenvalue weighted by Crippen LogP contribution is -2.59. The Labute approximate surface area is 296 Å². The van der Waals surface area contributed by atoms with E-state index in [2.05, 4.69) is 44.3 Å². The summed E-state index contributed by atoms with van der Waals surface area (Å²) in [5.74, 6) is 0.940. The summed E-state index contributed by atoms with van der Waals surface area (Å²) in [6.45, 7) is 5.07. The van der Waals surface area contributed by atoms with Crippen LogP contribution in [0.2, 0.25) is 0 Å². The standard InChI is InChI=1S/C38H32N12O2/c1-25-23-46(38-40-34-32(36(52)48(38)28-17-9-4-10-18-28)42-44-50(34)30-21-13-6-14-22-30)26(2)24-45(25)37-39-33-31(35(51)47(37)27-15-7-3-8-16-27)41-43-49(33)29-19-11-5-12-20-29/h3-22,25-26H,23-24H2,1-2H3. The lowest BCUT2D eigenvalue weighted by atomic mass is 10.1. The van der Waals surface area contributed by atoms with Gasteiger partial charge >= 0.3 is 0 Å². The smallest absolute Gasteiger partial charge is 0.289 e. The van der Waals surface area contributed by atoms with E-state index in [9.17, 15) is 9.59 Å². The Morgan fingerprint density at radius 2 is 0.808 bits per heavy atom. The lowest BCUT2D eigenvalue weighted by molar-refractivity contribution is 0.461. The van der Waals surface area contributed by atoms with Crippen molar-refractivity contribution < 1.29 is 0 Å². The summed E-state index contributed by atoms with van der Waals surface area (Å²) in [5, 5.41) is 17.3. The zero-order chi connectivity index (χ0) is 35.3. The van der Waals surface area contributed by atoms with Crippen LogP contribution < -0.4 is 20.9 Å². The molecule has 256 valence electrons. The first-order valence-electron chi connectivity index (χ1n) is 17.0. The molecule has 0 spiro atoms. The van der Waals surface area contributed by atoms with E-state index in [1.807, 2.05) is 121 Å². The van der Waals surface area contributed by atoms with Crippen molar-refractivity contribution in [1.82, 2.24) is 49.1 Å². The van der Waals surface area contributed by atoms with Crippen LogP contribution in [0, 0.1) is 0 Å². The molecule has 14 heteroatoms. The molecule has 1 aliphatic rings. The van der Waals surface area contributed by atoms with Crippen LogP contribution in [0.25, 0.3) is 45.1 Å². The van der Waals surface area contributed by atoms with Gasteiger partial charge in [-0.1, -0.05) is 83.2 Å². The van der Waals surface area contributed by atoms with E-state index in [0.717, 1.165) is 11.4 Å². The second kappa shape index (κ2) is 12.4. The fraction of sp³-hybridized carbons (Fsp3) is 0.158. The highest BCUT2D eigenvalue weighted by Crippen LogP contribution is 2.29. The Bertz CT molecular complexity index is 2490. The van der Waals surface area contributed by atoms with E-state index in [4.69, 9.17) is 9.97 Å². The number of hydrogen-bond donors (Lipinski definition) is 0. The fourth-order valence-corrected chi connectivity index (χ4v) is 6.89. The monoisotopic (exact) mass is 688 g/mol. The third-order valence-electron chi connectivity index (χ3n) is 9.45. The Morgan fingerprint density at radius 1 is 0.481 bits per heavy atom. The van der Waals surface area contributed by atoms with Crippen LogP contribution in [0.15, 0.2) is 131 Å². The second-order valence-corrected chi connectivity index (χ2v) is 12.8. The van der Waals surface area contributed by atoms with Gasteiger partial charge in [0.15, 0.2) is 22.3 Å². The molecule has 52 heavy (non-hydrogen) atoms. The van der Waals surface area contributed by atoms with Gasteiger partial charge in [0.25, 0.3) is 11.1 Å². The van der Waals surface area contributed by atoms with Gasteiger partial charge in [0.05, 0.1) is 22.7 Å². The van der Waals surface area contributed by atoms with Crippen molar-refractivity contribution in [1.29, 1.82) is 0 Å². The molecular weight excluding hydrogens is 656 g/mol. The minimum atomic E-state index is -0.317. The van der Waals surface area contributed by atoms with Crippen molar-refractivity contribution in [3.05, 3.63) is 142 Å². The molecule has 0 bridgehead atoms. The number of nitrogens with zero attached hydrogens (tertiary/aromatic N) is 12. The number of piperazine rings is 1. The Balaban J connectivity index is 1.19. The van der Waals surface area contributed by atoms with Crippen LogP contribution in [-0.2, 0) is 0 Å². The quantitative estimate of drug-likeness (QED) is 0.248. The molecule has 4 aromatic heterocycles. The number of hydrogen-bond acceptors (Lipinski definition) is 10. The van der Waals surface area contributed by atoms with Crippen LogP contribution in [0.5, 0.6) is 0 Å². The molecule has 2 unspecified atom stereocenters. The van der Waals surface area contributed by atoms with Gasteiger partial charge < -0.3 is 9.80 Å². The first-order valence-corrected chi connectivity index (χ1v) is 17.0. The van der Waals surface area contributed by atoms with Gasteiger partial charge in [0, 0.05) is 25.2 Å². The normalized spacial score (nSPS) is 16.2. The molecule has 1 saturated heterocycles. The van der Waals surface area contributed by atoms with E-state index >= 15 is 0 Å². The SMILES string of the molecule is CC1CN(c2nc3c(nnn3-c3ccccc3)c(=O)n2-c2ccccc2)C(C)CN1c1nc2c(nnn2-c2ccccc2)c(=O)n1-c1ccccc1. The molecule has 1 fully saturated rings. The highest BCUT2D eigenvalue weighted by molar-refractivity contribution is 5.75. The summed E-state index contributed by atoms with van der Waals surface area (Å²) in [4.78, 5) is 43.1.